The van der Waals surface area contributed by atoms with Gasteiger partial charge in [-0.05, 0) is 49.6 Å². The van der Waals surface area contributed by atoms with Crippen LogP contribution < -0.4 is 10.2 Å². The van der Waals surface area contributed by atoms with Crippen LogP contribution in [0.15, 0.2) is 72.9 Å². The van der Waals surface area contributed by atoms with Gasteiger partial charge in [-0.15, -0.1) is 0 Å². The van der Waals surface area contributed by atoms with Crippen LogP contribution in [0.4, 0.5) is 17.2 Å². The molecule has 0 radical (unpaired) electrons. The molecule has 0 unspecified atom stereocenters. The van der Waals surface area contributed by atoms with Gasteiger partial charge in [0.05, 0.1) is 16.9 Å². The van der Waals surface area contributed by atoms with E-state index in [9.17, 15) is 14.4 Å². The van der Waals surface area contributed by atoms with Crippen LogP contribution in [-0.2, 0) is 16.1 Å². The van der Waals surface area contributed by atoms with Crippen LogP contribution >= 0.6 is 0 Å². The van der Waals surface area contributed by atoms with E-state index < -0.39 is 0 Å². The number of nitrogens with one attached hydrogen (secondary N) is 1. The first-order valence-electron chi connectivity index (χ1n) is 13.3. The van der Waals surface area contributed by atoms with Crippen LogP contribution in [0, 0.1) is 0 Å². The second-order valence-electron chi connectivity index (χ2n) is 9.74. The van der Waals surface area contributed by atoms with Gasteiger partial charge < -0.3 is 10.2 Å². The van der Waals surface area contributed by atoms with Gasteiger partial charge in [-0.25, -0.2) is 4.98 Å². The Labute approximate surface area is 223 Å². The smallest absolute Gasteiger partial charge is 0.257 e. The number of benzene rings is 2. The van der Waals surface area contributed by atoms with Crippen molar-refractivity contribution in [3.63, 3.8) is 0 Å². The summed E-state index contributed by atoms with van der Waals surface area (Å²) in [6.45, 7) is 4.87. The Kier molecular flexibility index (Phi) is 7.79. The van der Waals surface area contributed by atoms with Crippen LogP contribution in [0.3, 0.4) is 0 Å². The van der Waals surface area contributed by atoms with Gasteiger partial charge in [0.1, 0.15) is 0 Å². The van der Waals surface area contributed by atoms with E-state index in [4.69, 9.17) is 0 Å². The standard InChI is InChI=1S/C30H33N5O3/c1-2-33(19-20-34(23-14-15-23)21-22-9-4-3-5-10-22)27(36)16-17-28(37)35-26-13-7-6-11-24(26)30(38)32-25-12-8-18-31-29(25)35/h3-13,18,23H,2,14-17,19-21H2,1H3,(H,32,38). The molecule has 1 fully saturated rings. The first-order valence-corrected chi connectivity index (χ1v) is 13.3. The van der Waals surface area contributed by atoms with E-state index in [1.807, 2.05) is 17.9 Å². The van der Waals surface area contributed by atoms with Crippen LogP contribution in [0.2, 0.25) is 0 Å². The number of aromatic nitrogens is 1. The highest BCUT2D eigenvalue weighted by Gasteiger charge is 2.31. The summed E-state index contributed by atoms with van der Waals surface area (Å²) >= 11 is 0. The van der Waals surface area contributed by atoms with Crippen molar-refractivity contribution in [3.05, 3.63) is 84.1 Å². The molecule has 0 atom stereocenters. The van der Waals surface area contributed by atoms with Gasteiger partial charge in [0, 0.05) is 51.3 Å². The van der Waals surface area contributed by atoms with Gasteiger partial charge in [-0.3, -0.25) is 24.2 Å². The number of likely N-dealkylation sites (N-methyl/N-ethyl adjacent to an activating group) is 1. The monoisotopic (exact) mass is 511 g/mol. The van der Waals surface area contributed by atoms with E-state index in [1.54, 1.807) is 42.6 Å². The SMILES string of the molecule is CCN(CCN(Cc1ccccc1)C1CC1)C(=O)CCC(=O)N1c2ccccc2C(=O)Nc2cccnc21. The average Bonchev–Trinajstić information content (AvgIpc) is 3.79. The zero-order chi connectivity index (χ0) is 26.5. The summed E-state index contributed by atoms with van der Waals surface area (Å²) in [6.07, 6.45) is 4.10. The van der Waals surface area contributed by atoms with E-state index in [0.29, 0.717) is 41.9 Å². The predicted octanol–water partition coefficient (Wildman–Crippen LogP) is 4.61. The van der Waals surface area contributed by atoms with E-state index in [-0.39, 0.29) is 30.6 Å². The van der Waals surface area contributed by atoms with E-state index in [0.717, 1.165) is 13.1 Å². The minimum atomic E-state index is -0.297. The van der Waals surface area contributed by atoms with E-state index >= 15 is 0 Å². The number of hydrogen-bond acceptors (Lipinski definition) is 5. The van der Waals surface area contributed by atoms with Crippen molar-refractivity contribution < 1.29 is 14.4 Å². The molecular formula is C30H33N5O3. The molecule has 1 aromatic heterocycles. The van der Waals surface area contributed by atoms with Crippen molar-refractivity contribution >= 4 is 34.9 Å². The van der Waals surface area contributed by atoms with Gasteiger partial charge in [0.2, 0.25) is 11.8 Å². The molecule has 38 heavy (non-hydrogen) atoms. The number of amides is 3. The average molecular weight is 512 g/mol. The van der Waals surface area contributed by atoms with Gasteiger partial charge in [0.15, 0.2) is 5.82 Å². The van der Waals surface area contributed by atoms with Crippen molar-refractivity contribution in [1.82, 2.24) is 14.8 Å². The normalized spacial score (nSPS) is 14.4. The molecule has 2 heterocycles. The molecule has 196 valence electrons. The first-order chi connectivity index (χ1) is 18.5. The molecule has 2 aliphatic rings. The Bertz CT molecular complexity index is 1310. The number of fused-ring (bicyclic) bond motifs is 2. The van der Waals surface area contributed by atoms with Gasteiger partial charge in [-0.2, -0.15) is 0 Å². The molecule has 1 saturated carbocycles. The van der Waals surface area contributed by atoms with E-state index in [1.165, 1.54) is 23.3 Å². The molecule has 0 bridgehead atoms. The number of carbonyl (C=O) groups is 3. The third-order valence-corrected chi connectivity index (χ3v) is 7.12. The minimum Gasteiger partial charge on any atom is -0.342 e. The molecule has 8 heteroatoms. The zero-order valence-electron chi connectivity index (χ0n) is 21.7. The summed E-state index contributed by atoms with van der Waals surface area (Å²) < 4.78 is 0. The number of nitrogens with zero attached hydrogens (tertiary/aromatic N) is 4. The van der Waals surface area contributed by atoms with Crippen molar-refractivity contribution in [2.75, 3.05) is 29.9 Å². The first kappa shape index (κ1) is 25.6. The third kappa shape index (κ3) is 5.75. The molecule has 8 nitrogen and oxygen atoms in total. The third-order valence-electron chi connectivity index (χ3n) is 7.12. The van der Waals surface area contributed by atoms with Crippen LogP contribution in [0.25, 0.3) is 0 Å². The quantitative estimate of drug-likeness (QED) is 0.430. The highest BCUT2D eigenvalue weighted by atomic mass is 16.2. The molecule has 3 aromatic rings. The number of hydrogen-bond donors (Lipinski definition) is 1. The second kappa shape index (κ2) is 11.6. The van der Waals surface area contributed by atoms with Crippen molar-refractivity contribution in [2.45, 2.75) is 45.2 Å². The zero-order valence-corrected chi connectivity index (χ0v) is 21.7. The lowest BCUT2D eigenvalue weighted by Gasteiger charge is -2.28. The summed E-state index contributed by atoms with van der Waals surface area (Å²) in [4.78, 5) is 49.6. The Hall–Kier alpha value is -4.04. The molecule has 0 spiro atoms. The summed E-state index contributed by atoms with van der Waals surface area (Å²) in [7, 11) is 0. The van der Waals surface area contributed by atoms with Gasteiger partial charge in [-0.1, -0.05) is 42.5 Å². The van der Waals surface area contributed by atoms with Crippen LogP contribution in [0.1, 0.15) is 48.5 Å². The maximum absolute atomic E-state index is 13.5. The van der Waals surface area contributed by atoms with Gasteiger partial charge in [0.25, 0.3) is 5.91 Å². The molecule has 1 N–H and O–H groups in total. The molecule has 5 rings (SSSR count). The number of para-hydroxylation sites is 1. The van der Waals surface area contributed by atoms with Gasteiger partial charge >= 0.3 is 0 Å². The maximum Gasteiger partial charge on any atom is 0.257 e. The summed E-state index contributed by atoms with van der Waals surface area (Å²) in [5, 5.41) is 2.84. The number of pyridine rings is 1. The largest absolute Gasteiger partial charge is 0.342 e. The number of carbonyl (C=O) groups excluding carboxylic acids is 3. The number of anilines is 3. The molecule has 3 amide bonds. The Morgan fingerprint density at radius 2 is 1.74 bits per heavy atom. The Balaban J connectivity index is 1.24. The summed E-state index contributed by atoms with van der Waals surface area (Å²) in [5.74, 6) is -0.262. The number of rotatable bonds is 10. The topological polar surface area (TPSA) is 85.9 Å². The molecular weight excluding hydrogens is 478 g/mol. The molecule has 1 aliphatic carbocycles. The second-order valence-corrected chi connectivity index (χ2v) is 9.74. The molecule has 2 aromatic carbocycles. The lowest BCUT2D eigenvalue weighted by atomic mass is 10.1. The van der Waals surface area contributed by atoms with E-state index in [2.05, 4.69) is 39.5 Å². The highest BCUT2D eigenvalue weighted by molar-refractivity contribution is 6.17. The highest BCUT2D eigenvalue weighted by Crippen LogP contribution is 2.36. The van der Waals surface area contributed by atoms with Crippen molar-refractivity contribution in [2.24, 2.45) is 0 Å². The lowest BCUT2D eigenvalue weighted by molar-refractivity contribution is -0.133. The van der Waals surface area contributed by atoms with Crippen molar-refractivity contribution in [3.8, 4) is 0 Å². The Morgan fingerprint density at radius 3 is 2.50 bits per heavy atom. The fourth-order valence-electron chi connectivity index (χ4n) is 4.93. The maximum atomic E-state index is 13.5. The minimum absolute atomic E-state index is 0.0181. The fourth-order valence-corrected chi connectivity index (χ4v) is 4.93. The fraction of sp³-hybridized carbons (Fsp3) is 0.333. The summed E-state index contributed by atoms with van der Waals surface area (Å²) in [5.41, 5.74) is 2.59. The summed E-state index contributed by atoms with van der Waals surface area (Å²) in [6, 6.07) is 21.4. The molecule has 1 aliphatic heterocycles. The Morgan fingerprint density at radius 1 is 0.974 bits per heavy atom. The van der Waals surface area contributed by atoms with Crippen molar-refractivity contribution in [1.29, 1.82) is 0 Å². The predicted molar refractivity (Wildman–Crippen MR) is 147 cm³/mol. The van der Waals surface area contributed by atoms with Crippen LogP contribution in [-0.4, -0.2) is 58.2 Å². The van der Waals surface area contributed by atoms with Crippen LogP contribution in [0.5, 0.6) is 0 Å². The lowest BCUT2D eigenvalue weighted by Crippen LogP contribution is -2.39. The molecule has 0 saturated heterocycles.